The highest BCUT2D eigenvalue weighted by atomic mass is 79.9. The Kier molecular flexibility index (Phi) is 7.21. The first-order valence-electron chi connectivity index (χ1n) is 11.5. The molecule has 8 nitrogen and oxygen atoms in total. The summed E-state index contributed by atoms with van der Waals surface area (Å²) in [6, 6.07) is 13.2. The minimum Gasteiger partial charge on any atom is -0.481 e. The Hall–Kier alpha value is -3.59. The molecule has 9 heteroatoms. The molecule has 0 aliphatic carbocycles. The Morgan fingerprint density at radius 3 is 2.53 bits per heavy atom. The first kappa shape index (κ1) is 25.5. The zero-order valence-corrected chi connectivity index (χ0v) is 22.8. The highest BCUT2D eigenvalue weighted by molar-refractivity contribution is 9.10. The van der Waals surface area contributed by atoms with E-state index in [1.807, 2.05) is 43.3 Å². The van der Waals surface area contributed by atoms with Crippen LogP contribution >= 0.6 is 15.9 Å². The number of methoxy groups -OCH3 is 1. The van der Waals surface area contributed by atoms with Gasteiger partial charge >= 0.3 is 0 Å². The summed E-state index contributed by atoms with van der Waals surface area (Å²) in [6.07, 6.45) is 1.77. The molecule has 3 heterocycles. The molecule has 0 unspecified atom stereocenters. The average Bonchev–Trinajstić information content (AvgIpc) is 2.86. The minimum atomic E-state index is -0.269. The summed E-state index contributed by atoms with van der Waals surface area (Å²) in [6.45, 7) is 10.1. The fraction of sp³-hybridized carbons (Fsp3) is 0.296. The summed E-state index contributed by atoms with van der Waals surface area (Å²) in [5.41, 5.74) is 3.54. The van der Waals surface area contributed by atoms with Gasteiger partial charge in [-0.1, -0.05) is 39.0 Å². The molecule has 3 aromatic heterocycles. The molecule has 4 rings (SSSR count). The maximum atomic E-state index is 13.4. The summed E-state index contributed by atoms with van der Waals surface area (Å²) in [7, 11) is 1.55. The van der Waals surface area contributed by atoms with E-state index >= 15 is 0 Å². The average molecular weight is 550 g/mol. The molecule has 4 aromatic rings. The first-order valence-corrected chi connectivity index (χ1v) is 12.2. The van der Waals surface area contributed by atoms with Crippen LogP contribution in [0, 0.1) is 13.8 Å². The van der Waals surface area contributed by atoms with Crippen LogP contribution in [0.5, 0.6) is 11.8 Å². The van der Waals surface area contributed by atoms with Crippen molar-refractivity contribution in [1.29, 1.82) is 0 Å². The fourth-order valence-electron chi connectivity index (χ4n) is 3.65. The number of ether oxygens (including phenoxy) is 2. The lowest BCUT2D eigenvalue weighted by atomic mass is 9.95. The van der Waals surface area contributed by atoms with Gasteiger partial charge in [-0.2, -0.15) is 4.98 Å². The van der Waals surface area contributed by atoms with Gasteiger partial charge in [-0.05, 0) is 53.5 Å². The number of aromatic nitrogens is 5. The quantitative estimate of drug-likeness (QED) is 0.320. The first-order chi connectivity index (χ1) is 17.1. The largest absolute Gasteiger partial charge is 0.481 e. The van der Waals surface area contributed by atoms with Gasteiger partial charge in [-0.25, -0.2) is 15.0 Å². The third kappa shape index (κ3) is 5.31. The molecular formula is C27H28BrN5O3. The molecule has 0 saturated heterocycles. The topological polar surface area (TPSA) is 92.0 Å². The molecule has 186 valence electrons. The van der Waals surface area contributed by atoms with Crippen LogP contribution in [0.2, 0.25) is 0 Å². The Bertz CT molecular complexity index is 1480. The predicted octanol–water partition coefficient (Wildman–Crippen LogP) is 5.35. The van der Waals surface area contributed by atoms with Crippen LogP contribution in [0.15, 0.2) is 57.9 Å². The van der Waals surface area contributed by atoms with Crippen molar-refractivity contribution >= 4 is 15.9 Å². The number of benzene rings is 1. The smallest absolute Gasteiger partial charge is 0.276 e. The Morgan fingerprint density at radius 2 is 1.81 bits per heavy atom. The summed E-state index contributed by atoms with van der Waals surface area (Å²) >= 11 is 3.40. The molecule has 0 spiro atoms. The molecule has 0 amide bonds. The van der Waals surface area contributed by atoms with Crippen LogP contribution in [-0.2, 0) is 12.0 Å². The van der Waals surface area contributed by atoms with Gasteiger partial charge in [0.2, 0.25) is 11.8 Å². The van der Waals surface area contributed by atoms with E-state index in [1.165, 1.54) is 0 Å². The van der Waals surface area contributed by atoms with Crippen molar-refractivity contribution in [3.8, 4) is 28.7 Å². The van der Waals surface area contributed by atoms with Crippen LogP contribution in [0.25, 0.3) is 16.9 Å². The number of pyridine rings is 1. The molecular weight excluding hydrogens is 522 g/mol. The predicted molar refractivity (Wildman–Crippen MR) is 142 cm³/mol. The van der Waals surface area contributed by atoms with Crippen molar-refractivity contribution in [2.24, 2.45) is 0 Å². The van der Waals surface area contributed by atoms with Crippen LogP contribution in [0.4, 0.5) is 0 Å². The molecule has 0 fully saturated rings. The Morgan fingerprint density at radius 1 is 1.03 bits per heavy atom. The summed E-state index contributed by atoms with van der Waals surface area (Å²) < 4.78 is 12.8. The number of halogens is 1. The molecule has 0 bridgehead atoms. The van der Waals surface area contributed by atoms with Gasteiger partial charge in [0.25, 0.3) is 5.56 Å². The third-order valence-electron chi connectivity index (χ3n) is 5.58. The lowest BCUT2D eigenvalue weighted by molar-refractivity contribution is 0.282. The van der Waals surface area contributed by atoms with Gasteiger partial charge in [0.05, 0.1) is 24.2 Å². The number of hydrogen-bond acceptors (Lipinski definition) is 7. The van der Waals surface area contributed by atoms with E-state index in [-0.39, 0.29) is 27.9 Å². The summed E-state index contributed by atoms with van der Waals surface area (Å²) in [4.78, 5) is 31.5. The van der Waals surface area contributed by atoms with E-state index in [0.29, 0.717) is 17.4 Å². The molecule has 36 heavy (non-hydrogen) atoms. The van der Waals surface area contributed by atoms with E-state index in [0.717, 1.165) is 28.3 Å². The van der Waals surface area contributed by atoms with Gasteiger partial charge in [-0.3, -0.25) is 9.36 Å². The second-order valence-electron chi connectivity index (χ2n) is 9.40. The number of rotatable bonds is 6. The van der Waals surface area contributed by atoms with Crippen LogP contribution in [0.1, 0.15) is 43.7 Å². The molecule has 1 aromatic carbocycles. The lowest BCUT2D eigenvalue weighted by Gasteiger charge is -2.18. The van der Waals surface area contributed by atoms with Crippen molar-refractivity contribution in [1.82, 2.24) is 24.5 Å². The SMILES string of the molecule is COc1cccc(COc2nc(C)n(-c3cc(-c4ccnc(C(C)(C)C)n4)ccc3C)c(=O)c2Br)n1. The summed E-state index contributed by atoms with van der Waals surface area (Å²) in [5.74, 6) is 1.95. The van der Waals surface area contributed by atoms with E-state index in [1.54, 1.807) is 30.9 Å². The number of hydrogen-bond donors (Lipinski definition) is 0. The summed E-state index contributed by atoms with van der Waals surface area (Å²) in [5, 5.41) is 0. The molecule has 0 radical (unpaired) electrons. The highest BCUT2D eigenvalue weighted by Gasteiger charge is 2.20. The Labute approximate surface area is 218 Å². The van der Waals surface area contributed by atoms with Gasteiger partial charge in [0.15, 0.2) is 0 Å². The molecule has 0 atom stereocenters. The van der Waals surface area contributed by atoms with Gasteiger partial charge in [0, 0.05) is 23.2 Å². The van der Waals surface area contributed by atoms with Gasteiger partial charge in [0.1, 0.15) is 22.7 Å². The highest BCUT2D eigenvalue weighted by Crippen LogP contribution is 2.27. The third-order valence-corrected chi connectivity index (χ3v) is 6.26. The van der Waals surface area contributed by atoms with Crippen molar-refractivity contribution in [3.63, 3.8) is 0 Å². The van der Waals surface area contributed by atoms with Gasteiger partial charge in [-0.15, -0.1) is 0 Å². The van der Waals surface area contributed by atoms with Crippen molar-refractivity contribution < 1.29 is 9.47 Å². The van der Waals surface area contributed by atoms with E-state index in [4.69, 9.17) is 14.5 Å². The molecule has 0 N–H and O–H groups in total. The zero-order valence-electron chi connectivity index (χ0n) is 21.2. The zero-order chi connectivity index (χ0) is 26.0. The van der Waals surface area contributed by atoms with E-state index in [2.05, 4.69) is 51.7 Å². The number of nitrogens with zero attached hydrogens (tertiary/aromatic N) is 5. The second kappa shape index (κ2) is 10.2. The van der Waals surface area contributed by atoms with Crippen LogP contribution in [0.3, 0.4) is 0 Å². The van der Waals surface area contributed by atoms with Crippen molar-refractivity contribution in [2.45, 2.75) is 46.6 Å². The van der Waals surface area contributed by atoms with Crippen molar-refractivity contribution in [3.05, 3.63) is 86.4 Å². The van der Waals surface area contributed by atoms with Crippen LogP contribution in [-0.4, -0.2) is 31.6 Å². The van der Waals surface area contributed by atoms with Crippen molar-refractivity contribution in [2.75, 3.05) is 7.11 Å². The normalized spacial score (nSPS) is 11.4. The van der Waals surface area contributed by atoms with Gasteiger partial charge < -0.3 is 9.47 Å². The van der Waals surface area contributed by atoms with E-state index in [9.17, 15) is 4.79 Å². The maximum Gasteiger partial charge on any atom is 0.276 e. The minimum absolute atomic E-state index is 0.143. The van der Waals surface area contributed by atoms with Crippen LogP contribution < -0.4 is 15.0 Å². The van der Waals surface area contributed by atoms with E-state index < -0.39 is 0 Å². The lowest BCUT2D eigenvalue weighted by Crippen LogP contribution is -2.24. The molecule has 0 aliphatic heterocycles. The monoisotopic (exact) mass is 549 g/mol. The Balaban J connectivity index is 1.71. The molecule has 0 saturated carbocycles. The molecule has 0 aliphatic rings. The standard InChI is InChI=1S/C27H28BrN5O3/c1-16-10-11-18(20-12-13-29-26(32-20)27(3,4)5)14-21(16)33-17(2)30-24(23(28)25(33)34)36-15-19-8-7-9-22(31-19)35-6/h7-14H,15H2,1-6H3. The second-order valence-corrected chi connectivity index (χ2v) is 10.2. The maximum absolute atomic E-state index is 13.4. The fourth-order valence-corrected chi connectivity index (χ4v) is 4.03. The number of aryl methyl sites for hydroxylation is 2.